The Morgan fingerprint density at radius 3 is 2.52 bits per heavy atom. The number of likely N-dealkylation sites (tertiary alicyclic amines) is 1. The normalized spacial score (nSPS) is 16.5. The lowest BCUT2D eigenvalue weighted by atomic mass is 10.00. The number of methoxy groups -OCH3 is 1. The van der Waals surface area contributed by atoms with Crippen LogP contribution in [0, 0.1) is 0 Å². The Hall–Kier alpha value is -3.38. The van der Waals surface area contributed by atoms with Crippen LogP contribution in [0.4, 0.5) is 5.69 Å². The summed E-state index contributed by atoms with van der Waals surface area (Å²) in [7, 11) is 1.66. The summed E-state index contributed by atoms with van der Waals surface area (Å²) in [5.41, 5.74) is 1.94. The van der Waals surface area contributed by atoms with Gasteiger partial charge in [-0.1, -0.05) is 18.6 Å². The first-order valence-corrected chi connectivity index (χ1v) is 10.6. The highest BCUT2D eigenvalue weighted by Gasteiger charge is 2.28. The lowest BCUT2D eigenvalue weighted by molar-refractivity contribution is -0.122. The first-order valence-electron chi connectivity index (χ1n) is 10.6. The molecule has 6 heteroatoms. The third-order valence-electron chi connectivity index (χ3n) is 5.45. The zero-order valence-corrected chi connectivity index (χ0v) is 17.7. The average Bonchev–Trinajstić information content (AvgIpc) is 2.82. The van der Waals surface area contributed by atoms with Gasteiger partial charge in [0.1, 0.15) is 17.2 Å². The van der Waals surface area contributed by atoms with Gasteiger partial charge in [-0.25, -0.2) is 0 Å². The van der Waals surface area contributed by atoms with E-state index < -0.39 is 0 Å². The van der Waals surface area contributed by atoms with Crippen LogP contribution < -0.4 is 14.8 Å². The molecule has 2 aromatic carbocycles. The maximum Gasteiger partial charge on any atom is 0.241 e. The first-order chi connectivity index (χ1) is 15.2. The number of amides is 1. The third kappa shape index (κ3) is 5.61. The summed E-state index contributed by atoms with van der Waals surface area (Å²) in [6.07, 6.45) is 6.41. The quantitative estimate of drug-likeness (QED) is 0.594. The molecule has 1 aliphatic heterocycles. The summed E-state index contributed by atoms with van der Waals surface area (Å²) < 4.78 is 11.0. The molecule has 1 amide bonds. The molecule has 0 radical (unpaired) electrons. The molecule has 0 saturated carbocycles. The fourth-order valence-corrected chi connectivity index (χ4v) is 3.82. The number of benzene rings is 2. The fraction of sp³-hybridized carbons (Fsp3) is 0.280. The first kappa shape index (κ1) is 20.9. The van der Waals surface area contributed by atoms with Crippen molar-refractivity contribution in [3.05, 3.63) is 78.6 Å². The summed E-state index contributed by atoms with van der Waals surface area (Å²) in [4.78, 5) is 19.3. The van der Waals surface area contributed by atoms with Crippen molar-refractivity contribution in [1.29, 1.82) is 0 Å². The smallest absolute Gasteiger partial charge is 0.241 e. The molecular formula is C25H27N3O3. The number of anilines is 1. The van der Waals surface area contributed by atoms with Gasteiger partial charge in [-0.2, -0.15) is 0 Å². The molecule has 1 aliphatic rings. The SMILES string of the molecule is COc1ccc(CN2CCCCC2C(=O)Nc2ccc(Oc3cccnc3)cc2)cc1. The Kier molecular flexibility index (Phi) is 6.79. The van der Waals surface area contributed by atoms with Crippen LogP contribution in [0.25, 0.3) is 0 Å². The number of piperidine rings is 1. The standard InChI is InChI=1S/C25H27N3O3/c1-30-21-11-7-19(8-12-21)18-28-16-3-2-6-24(28)25(29)27-20-9-13-22(14-10-20)31-23-5-4-15-26-17-23/h4-5,7-15,17,24H,2-3,6,16,18H2,1H3,(H,27,29). The molecule has 6 nitrogen and oxygen atoms in total. The third-order valence-corrected chi connectivity index (χ3v) is 5.45. The maximum atomic E-state index is 13.0. The number of aromatic nitrogens is 1. The zero-order valence-electron chi connectivity index (χ0n) is 17.7. The summed E-state index contributed by atoms with van der Waals surface area (Å²) in [6.45, 7) is 1.67. The van der Waals surface area contributed by atoms with Gasteiger partial charge in [0.2, 0.25) is 5.91 Å². The number of carbonyl (C=O) groups excluding carboxylic acids is 1. The van der Waals surface area contributed by atoms with Crippen LogP contribution in [0.2, 0.25) is 0 Å². The molecule has 1 fully saturated rings. The predicted molar refractivity (Wildman–Crippen MR) is 120 cm³/mol. The number of rotatable bonds is 7. The molecule has 160 valence electrons. The summed E-state index contributed by atoms with van der Waals surface area (Å²) in [6, 6.07) is 19.0. The number of carbonyl (C=O) groups is 1. The van der Waals surface area contributed by atoms with Gasteiger partial charge in [0.05, 0.1) is 19.3 Å². The minimum atomic E-state index is -0.137. The number of pyridine rings is 1. The molecule has 0 bridgehead atoms. The summed E-state index contributed by atoms with van der Waals surface area (Å²) in [5.74, 6) is 2.25. The van der Waals surface area contributed by atoms with E-state index in [0.717, 1.165) is 43.8 Å². The summed E-state index contributed by atoms with van der Waals surface area (Å²) >= 11 is 0. The van der Waals surface area contributed by atoms with Gasteiger partial charge in [-0.05, 0) is 73.5 Å². The lowest BCUT2D eigenvalue weighted by Crippen LogP contribution is -2.46. The molecular weight excluding hydrogens is 390 g/mol. The minimum absolute atomic E-state index is 0.0362. The average molecular weight is 418 g/mol. The van der Waals surface area contributed by atoms with Crippen LogP contribution in [-0.2, 0) is 11.3 Å². The van der Waals surface area contributed by atoms with E-state index in [0.29, 0.717) is 11.5 Å². The molecule has 1 saturated heterocycles. The highest BCUT2D eigenvalue weighted by Crippen LogP contribution is 2.24. The summed E-state index contributed by atoms with van der Waals surface area (Å²) in [5, 5.41) is 3.07. The highest BCUT2D eigenvalue weighted by atomic mass is 16.5. The molecule has 4 rings (SSSR count). The molecule has 0 spiro atoms. The van der Waals surface area contributed by atoms with Gasteiger partial charge < -0.3 is 14.8 Å². The van der Waals surface area contributed by atoms with E-state index in [1.807, 2.05) is 48.5 Å². The molecule has 1 N–H and O–H groups in total. The van der Waals surface area contributed by atoms with E-state index in [2.05, 4.69) is 27.3 Å². The van der Waals surface area contributed by atoms with Gasteiger partial charge in [-0.3, -0.25) is 14.7 Å². The Balaban J connectivity index is 1.37. The van der Waals surface area contributed by atoms with E-state index >= 15 is 0 Å². The van der Waals surface area contributed by atoms with Crippen molar-refractivity contribution in [1.82, 2.24) is 9.88 Å². The molecule has 1 unspecified atom stereocenters. The molecule has 31 heavy (non-hydrogen) atoms. The van der Waals surface area contributed by atoms with Gasteiger partial charge in [0.15, 0.2) is 0 Å². The van der Waals surface area contributed by atoms with Crippen LogP contribution in [0.5, 0.6) is 17.2 Å². The second-order valence-electron chi connectivity index (χ2n) is 7.63. The van der Waals surface area contributed by atoms with Crippen molar-refractivity contribution in [3.63, 3.8) is 0 Å². The van der Waals surface area contributed by atoms with Crippen LogP contribution in [-0.4, -0.2) is 35.5 Å². The van der Waals surface area contributed by atoms with Crippen LogP contribution in [0.3, 0.4) is 0 Å². The van der Waals surface area contributed by atoms with Crippen molar-refractivity contribution >= 4 is 11.6 Å². The van der Waals surface area contributed by atoms with E-state index in [1.54, 1.807) is 19.5 Å². The lowest BCUT2D eigenvalue weighted by Gasteiger charge is -2.34. The number of nitrogens with one attached hydrogen (secondary N) is 1. The minimum Gasteiger partial charge on any atom is -0.497 e. The topological polar surface area (TPSA) is 63.7 Å². The predicted octanol–water partition coefficient (Wildman–Crippen LogP) is 4.88. The zero-order chi connectivity index (χ0) is 21.5. The maximum absolute atomic E-state index is 13.0. The van der Waals surface area contributed by atoms with Crippen LogP contribution >= 0.6 is 0 Å². The van der Waals surface area contributed by atoms with E-state index in [9.17, 15) is 4.79 Å². The highest BCUT2D eigenvalue weighted by molar-refractivity contribution is 5.94. The van der Waals surface area contributed by atoms with E-state index in [1.165, 1.54) is 5.56 Å². The number of hydrogen-bond acceptors (Lipinski definition) is 5. The largest absolute Gasteiger partial charge is 0.497 e. The Bertz CT molecular complexity index is 975. The van der Waals surface area contributed by atoms with Gasteiger partial charge >= 0.3 is 0 Å². The number of hydrogen-bond donors (Lipinski definition) is 1. The molecule has 3 aromatic rings. The number of nitrogens with zero attached hydrogens (tertiary/aromatic N) is 2. The second-order valence-corrected chi connectivity index (χ2v) is 7.63. The van der Waals surface area contributed by atoms with Crippen molar-refractivity contribution < 1.29 is 14.3 Å². The fourth-order valence-electron chi connectivity index (χ4n) is 3.82. The van der Waals surface area contributed by atoms with Crippen molar-refractivity contribution in [2.45, 2.75) is 31.8 Å². The van der Waals surface area contributed by atoms with Gasteiger partial charge in [0.25, 0.3) is 0 Å². The second kappa shape index (κ2) is 10.1. The van der Waals surface area contributed by atoms with E-state index in [4.69, 9.17) is 9.47 Å². The monoisotopic (exact) mass is 417 g/mol. The molecule has 0 aliphatic carbocycles. The number of ether oxygens (including phenoxy) is 2. The van der Waals surface area contributed by atoms with Crippen molar-refractivity contribution in [3.8, 4) is 17.2 Å². The van der Waals surface area contributed by atoms with E-state index in [-0.39, 0.29) is 11.9 Å². The van der Waals surface area contributed by atoms with Gasteiger partial charge in [0, 0.05) is 18.4 Å². The Morgan fingerprint density at radius 2 is 1.81 bits per heavy atom. The Morgan fingerprint density at radius 1 is 1.03 bits per heavy atom. The molecule has 1 aromatic heterocycles. The molecule has 1 atom stereocenters. The molecule has 2 heterocycles. The van der Waals surface area contributed by atoms with Gasteiger partial charge in [-0.15, -0.1) is 0 Å². The van der Waals surface area contributed by atoms with Crippen LogP contribution in [0.1, 0.15) is 24.8 Å². The Labute approximate surface area is 182 Å². The van der Waals surface area contributed by atoms with Crippen molar-refractivity contribution in [2.75, 3.05) is 19.0 Å². The van der Waals surface area contributed by atoms with Crippen molar-refractivity contribution in [2.24, 2.45) is 0 Å². The van der Waals surface area contributed by atoms with Crippen LogP contribution in [0.15, 0.2) is 73.1 Å².